The van der Waals surface area contributed by atoms with Gasteiger partial charge in [0.2, 0.25) is 0 Å². The lowest BCUT2D eigenvalue weighted by molar-refractivity contribution is 0.379. The summed E-state index contributed by atoms with van der Waals surface area (Å²) in [5.74, 6) is 0.834. The third-order valence-corrected chi connectivity index (χ3v) is 2.98. The molecular formula is C11H13ClN4O. The smallest absolute Gasteiger partial charge is 0.259 e. The van der Waals surface area contributed by atoms with Crippen molar-refractivity contribution in [1.82, 2.24) is 15.1 Å². The molecule has 0 spiro atoms. The molecule has 5 nitrogen and oxygen atoms in total. The van der Waals surface area contributed by atoms with Crippen LogP contribution in [0.3, 0.4) is 0 Å². The monoisotopic (exact) mass is 252 g/mol. The molecular weight excluding hydrogens is 240 g/mol. The summed E-state index contributed by atoms with van der Waals surface area (Å²) in [5.41, 5.74) is 6.10. The van der Waals surface area contributed by atoms with Gasteiger partial charge in [0, 0.05) is 12.4 Å². The summed E-state index contributed by atoms with van der Waals surface area (Å²) in [6, 6.07) is 1.72. The van der Waals surface area contributed by atoms with Crippen LogP contribution in [0.4, 0.5) is 0 Å². The molecule has 0 bridgehead atoms. The molecule has 2 N–H and O–H groups in total. The predicted molar refractivity (Wildman–Crippen MR) is 64.4 cm³/mol. The lowest BCUT2D eigenvalue weighted by Gasteiger charge is -2.16. The van der Waals surface area contributed by atoms with E-state index in [1.807, 2.05) is 13.8 Å². The second-order valence-corrected chi connectivity index (χ2v) is 4.46. The Labute approximate surface area is 104 Å². The standard InChI is InChI=1S/C11H13ClN4O/c1-3-11(2,13)10-15-9(17-16-10)7-4-5-14-6-8(7)12/h4-6H,3,13H2,1-2H3. The van der Waals surface area contributed by atoms with E-state index < -0.39 is 5.54 Å². The average Bonchev–Trinajstić information content (AvgIpc) is 2.79. The van der Waals surface area contributed by atoms with Crippen molar-refractivity contribution in [2.24, 2.45) is 5.73 Å². The molecule has 2 heterocycles. The Morgan fingerprint density at radius 2 is 2.29 bits per heavy atom. The third-order valence-electron chi connectivity index (χ3n) is 2.67. The van der Waals surface area contributed by atoms with Gasteiger partial charge in [0.05, 0.1) is 16.1 Å². The second-order valence-electron chi connectivity index (χ2n) is 4.05. The van der Waals surface area contributed by atoms with E-state index in [-0.39, 0.29) is 0 Å². The zero-order chi connectivity index (χ0) is 12.5. The van der Waals surface area contributed by atoms with E-state index in [0.717, 1.165) is 6.42 Å². The Kier molecular flexibility index (Phi) is 3.13. The van der Waals surface area contributed by atoms with Crippen LogP contribution < -0.4 is 5.73 Å². The van der Waals surface area contributed by atoms with E-state index >= 15 is 0 Å². The molecule has 0 aromatic carbocycles. The summed E-state index contributed by atoms with van der Waals surface area (Å²) in [5, 5.41) is 4.36. The van der Waals surface area contributed by atoms with Crippen molar-refractivity contribution in [3.8, 4) is 11.5 Å². The van der Waals surface area contributed by atoms with Crippen LogP contribution in [-0.2, 0) is 5.54 Å². The van der Waals surface area contributed by atoms with Crippen LogP contribution in [-0.4, -0.2) is 15.1 Å². The van der Waals surface area contributed by atoms with Gasteiger partial charge in [-0.2, -0.15) is 4.98 Å². The summed E-state index contributed by atoms with van der Waals surface area (Å²) in [6.07, 6.45) is 3.87. The van der Waals surface area contributed by atoms with Crippen molar-refractivity contribution < 1.29 is 4.52 Å². The van der Waals surface area contributed by atoms with Gasteiger partial charge in [-0.1, -0.05) is 23.7 Å². The van der Waals surface area contributed by atoms with E-state index in [1.165, 1.54) is 6.20 Å². The Balaban J connectivity index is 2.40. The molecule has 2 aromatic rings. The molecule has 0 aliphatic carbocycles. The van der Waals surface area contributed by atoms with Crippen molar-refractivity contribution in [2.75, 3.05) is 0 Å². The number of hydrogen-bond donors (Lipinski definition) is 1. The molecule has 2 aromatic heterocycles. The Bertz CT molecular complexity index is 524. The van der Waals surface area contributed by atoms with Crippen molar-refractivity contribution in [3.63, 3.8) is 0 Å². The first-order valence-electron chi connectivity index (χ1n) is 5.27. The highest BCUT2D eigenvalue weighted by atomic mass is 35.5. The summed E-state index contributed by atoms with van der Waals surface area (Å²) in [6.45, 7) is 3.82. The molecule has 17 heavy (non-hydrogen) atoms. The van der Waals surface area contributed by atoms with E-state index in [1.54, 1.807) is 12.3 Å². The number of nitrogens with zero attached hydrogens (tertiary/aromatic N) is 3. The first kappa shape index (κ1) is 12.0. The van der Waals surface area contributed by atoms with Gasteiger partial charge in [0.25, 0.3) is 5.89 Å². The fourth-order valence-electron chi connectivity index (χ4n) is 1.27. The number of nitrogens with two attached hydrogens (primary N) is 1. The Hall–Kier alpha value is -1.46. The maximum Gasteiger partial charge on any atom is 0.259 e. The number of aromatic nitrogens is 3. The van der Waals surface area contributed by atoms with Gasteiger partial charge in [-0.3, -0.25) is 4.98 Å². The fraction of sp³-hybridized carbons (Fsp3) is 0.364. The molecule has 0 aliphatic heterocycles. The molecule has 0 saturated carbocycles. The van der Waals surface area contributed by atoms with Gasteiger partial charge in [-0.25, -0.2) is 0 Å². The summed E-state index contributed by atoms with van der Waals surface area (Å²) < 4.78 is 5.17. The van der Waals surface area contributed by atoms with Gasteiger partial charge in [0.15, 0.2) is 5.82 Å². The topological polar surface area (TPSA) is 77.8 Å². The number of hydrogen-bond acceptors (Lipinski definition) is 5. The molecule has 0 aliphatic rings. The molecule has 2 rings (SSSR count). The van der Waals surface area contributed by atoms with Crippen molar-refractivity contribution in [2.45, 2.75) is 25.8 Å². The highest BCUT2D eigenvalue weighted by Gasteiger charge is 2.26. The summed E-state index contributed by atoms with van der Waals surface area (Å²) in [4.78, 5) is 8.16. The average molecular weight is 253 g/mol. The predicted octanol–water partition coefficient (Wildman–Crippen LogP) is 2.37. The van der Waals surface area contributed by atoms with Gasteiger partial charge in [-0.05, 0) is 19.4 Å². The van der Waals surface area contributed by atoms with Crippen molar-refractivity contribution in [3.05, 3.63) is 29.3 Å². The maximum atomic E-state index is 6.04. The van der Waals surface area contributed by atoms with Gasteiger partial charge in [0.1, 0.15) is 0 Å². The van der Waals surface area contributed by atoms with Crippen LogP contribution >= 0.6 is 11.6 Å². The summed E-state index contributed by atoms with van der Waals surface area (Å²) >= 11 is 5.99. The van der Waals surface area contributed by atoms with Gasteiger partial charge >= 0.3 is 0 Å². The molecule has 0 fully saturated rings. The number of pyridine rings is 1. The number of rotatable bonds is 3. The largest absolute Gasteiger partial charge is 0.334 e. The third kappa shape index (κ3) is 2.30. The quantitative estimate of drug-likeness (QED) is 0.907. The highest BCUT2D eigenvalue weighted by Crippen LogP contribution is 2.27. The normalized spacial score (nSPS) is 14.6. The van der Waals surface area contributed by atoms with E-state index in [9.17, 15) is 0 Å². The SMILES string of the molecule is CCC(C)(N)c1noc(-c2ccncc2Cl)n1. The minimum Gasteiger partial charge on any atom is -0.334 e. The van der Waals surface area contributed by atoms with Crippen LogP contribution in [0, 0.1) is 0 Å². The highest BCUT2D eigenvalue weighted by molar-refractivity contribution is 6.32. The fourth-order valence-corrected chi connectivity index (χ4v) is 1.47. The molecule has 6 heteroatoms. The molecule has 0 saturated heterocycles. The van der Waals surface area contributed by atoms with Crippen molar-refractivity contribution in [1.29, 1.82) is 0 Å². The Morgan fingerprint density at radius 3 is 2.94 bits per heavy atom. The minimum atomic E-state index is -0.596. The lowest BCUT2D eigenvalue weighted by Crippen LogP contribution is -2.33. The zero-order valence-corrected chi connectivity index (χ0v) is 10.4. The van der Waals surface area contributed by atoms with Gasteiger partial charge in [-0.15, -0.1) is 0 Å². The van der Waals surface area contributed by atoms with Crippen LogP contribution in [0.15, 0.2) is 23.0 Å². The van der Waals surface area contributed by atoms with Crippen LogP contribution in [0.25, 0.3) is 11.5 Å². The molecule has 1 atom stereocenters. The first-order chi connectivity index (χ1) is 8.04. The first-order valence-corrected chi connectivity index (χ1v) is 5.65. The van der Waals surface area contributed by atoms with Crippen LogP contribution in [0.5, 0.6) is 0 Å². The van der Waals surface area contributed by atoms with E-state index in [0.29, 0.717) is 22.3 Å². The molecule has 0 amide bonds. The maximum absolute atomic E-state index is 6.04. The molecule has 0 radical (unpaired) electrons. The van der Waals surface area contributed by atoms with Crippen LogP contribution in [0.1, 0.15) is 26.1 Å². The lowest BCUT2D eigenvalue weighted by atomic mass is 10.0. The summed E-state index contributed by atoms with van der Waals surface area (Å²) in [7, 11) is 0. The Morgan fingerprint density at radius 1 is 1.53 bits per heavy atom. The van der Waals surface area contributed by atoms with Gasteiger partial charge < -0.3 is 10.3 Å². The minimum absolute atomic E-state index is 0.359. The molecule has 90 valence electrons. The number of halogens is 1. The van der Waals surface area contributed by atoms with E-state index in [2.05, 4.69) is 15.1 Å². The zero-order valence-electron chi connectivity index (χ0n) is 9.64. The van der Waals surface area contributed by atoms with Crippen molar-refractivity contribution >= 4 is 11.6 Å². The molecule has 1 unspecified atom stereocenters. The van der Waals surface area contributed by atoms with E-state index in [4.69, 9.17) is 21.9 Å². The van der Waals surface area contributed by atoms with Crippen LogP contribution in [0.2, 0.25) is 5.02 Å². The second kappa shape index (κ2) is 4.43.